The maximum absolute atomic E-state index is 5.33. The van der Waals surface area contributed by atoms with Crippen LogP contribution in [0.5, 0.6) is 0 Å². The highest BCUT2D eigenvalue weighted by molar-refractivity contribution is 7.80. The molecule has 0 amide bonds. The van der Waals surface area contributed by atoms with Gasteiger partial charge in [-0.25, -0.2) is 0 Å². The molecule has 3 aromatic carbocycles. The van der Waals surface area contributed by atoms with Crippen molar-refractivity contribution in [2.24, 2.45) is 5.92 Å². The first-order valence-corrected chi connectivity index (χ1v) is 13.1. The van der Waals surface area contributed by atoms with E-state index < -0.39 is 7.92 Å². The van der Waals surface area contributed by atoms with E-state index in [-0.39, 0.29) is 0 Å². The second kappa shape index (κ2) is 9.39. The molecular formula is C30H30NP. The van der Waals surface area contributed by atoms with Gasteiger partial charge in [-0.2, -0.15) is 0 Å². The lowest BCUT2D eigenvalue weighted by Crippen LogP contribution is -2.22. The molecule has 1 aliphatic rings. The molecule has 0 saturated carbocycles. The molecule has 160 valence electrons. The molecule has 0 bridgehead atoms. The molecule has 1 nitrogen and oxygen atoms in total. The van der Waals surface area contributed by atoms with Crippen molar-refractivity contribution in [1.29, 1.82) is 0 Å². The predicted octanol–water partition coefficient (Wildman–Crippen LogP) is 6.58. The molecule has 0 radical (unpaired) electrons. The summed E-state index contributed by atoms with van der Waals surface area (Å²) in [6, 6.07) is 35.4. The Kier molecular flexibility index (Phi) is 6.19. The number of benzene rings is 3. The summed E-state index contributed by atoms with van der Waals surface area (Å²) in [4.78, 5) is 5.33. The fourth-order valence-corrected chi connectivity index (χ4v) is 7.41. The lowest BCUT2D eigenvalue weighted by atomic mass is 9.80. The van der Waals surface area contributed by atoms with Crippen LogP contribution in [0.15, 0.2) is 97.1 Å². The second-order valence-corrected chi connectivity index (χ2v) is 11.2. The number of hydrogen-bond donors (Lipinski definition) is 0. The Bertz CT molecular complexity index is 1140. The van der Waals surface area contributed by atoms with E-state index in [1.54, 1.807) is 0 Å². The minimum absolute atomic E-state index is 0.565. The molecule has 5 rings (SSSR count). The molecule has 0 saturated heterocycles. The monoisotopic (exact) mass is 435 g/mol. The first-order chi connectivity index (χ1) is 15.7. The van der Waals surface area contributed by atoms with Gasteiger partial charge in [-0.05, 0) is 60.6 Å². The number of fused-ring (bicyclic) bond motifs is 1. The number of pyridine rings is 1. The van der Waals surface area contributed by atoms with Crippen molar-refractivity contribution in [3.8, 4) is 11.3 Å². The van der Waals surface area contributed by atoms with Crippen molar-refractivity contribution in [2.45, 2.75) is 39.0 Å². The Labute approximate surface area is 193 Å². The average molecular weight is 436 g/mol. The van der Waals surface area contributed by atoms with Crippen molar-refractivity contribution >= 4 is 23.8 Å². The van der Waals surface area contributed by atoms with Crippen molar-refractivity contribution < 1.29 is 0 Å². The third kappa shape index (κ3) is 4.15. The molecule has 1 aliphatic carbocycles. The van der Waals surface area contributed by atoms with Gasteiger partial charge in [0.1, 0.15) is 0 Å². The van der Waals surface area contributed by atoms with Gasteiger partial charge in [-0.3, -0.25) is 4.98 Å². The normalized spacial score (nSPS) is 15.7. The van der Waals surface area contributed by atoms with E-state index in [4.69, 9.17) is 4.98 Å². The minimum Gasteiger partial charge on any atom is -0.252 e. The molecule has 0 unspecified atom stereocenters. The fourth-order valence-electron chi connectivity index (χ4n) is 4.95. The van der Waals surface area contributed by atoms with Crippen LogP contribution in [0, 0.1) is 5.92 Å². The molecule has 2 heteroatoms. The summed E-state index contributed by atoms with van der Waals surface area (Å²) in [6.07, 6.45) is 3.69. The van der Waals surface area contributed by atoms with Gasteiger partial charge in [0.2, 0.25) is 0 Å². The average Bonchev–Trinajstić information content (AvgIpc) is 2.85. The standard InChI is InChI=1S/C30H30NP/c1-22(2)26-18-11-12-23-20-21-28(31-30(23)26)27-17-9-10-19-29(27)32(24-13-5-3-6-14-24)25-15-7-4-8-16-25/h3-10,13-17,19-22,26H,11-12,18H2,1-2H3/t26-/m1/s1. The highest BCUT2D eigenvalue weighted by atomic mass is 31.1. The van der Waals surface area contributed by atoms with E-state index in [0.29, 0.717) is 11.8 Å². The molecule has 0 N–H and O–H groups in total. The van der Waals surface area contributed by atoms with Gasteiger partial charge < -0.3 is 0 Å². The van der Waals surface area contributed by atoms with E-state index in [1.807, 2.05) is 0 Å². The first-order valence-electron chi connectivity index (χ1n) is 11.7. The molecule has 4 aromatic rings. The fraction of sp³-hybridized carbons (Fsp3) is 0.233. The summed E-state index contributed by atoms with van der Waals surface area (Å²) in [5, 5.41) is 4.13. The quantitative estimate of drug-likeness (QED) is 0.323. The van der Waals surface area contributed by atoms with Crippen LogP contribution in [-0.2, 0) is 6.42 Å². The summed E-state index contributed by atoms with van der Waals surface area (Å²) >= 11 is 0. The van der Waals surface area contributed by atoms with Gasteiger partial charge >= 0.3 is 0 Å². The van der Waals surface area contributed by atoms with Crippen molar-refractivity contribution in [1.82, 2.24) is 4.98 Å². The SMILES string of the molecule is CC(C)[C@H]1CCCc2ccc(-c3ccccc3P(c3ccccc3)c3ccccc3)nc21. The number of nitrogens with zero attached hydrogens (tertiary/aromatic N) is 1. The van der Waals surface area contributed by atoms with Crippen LogP contribution in [0.25, 0.3) is 11.3 Å². The molecule has 0 fully saturated rings. The van der Waals surface area contributed by atoms with Gasteiger partial charge in [-0.15, -0.1) is 0 Å². The third-order valence-electron chi connectivity index (χ3n) is 6.58. The van der Waals surface area contributed by atoms with Gasteiger partial charge in [0.25, 0.3) is 0 Å². The van der Waals surface area contributed by atoms with E-state index in [0.717, 1.165) is 12.1 Å². The third-order valence-corrected chi connectivity index (χ3v) is 9.08. The smallest absolute Gasteiger partial charge is 0.0712 e. The van der Waals surface area contributed by atoms with Crippen LogP contribution in [0.4, 0.5) is 0 Å². The van der Waals surface area contributed by atoms with Crippen LogP contribution in [0.2, 0.25) is 0 Å². The van der Waals surface area contributed by atoms with E-state index in [9.17, 15) is 0 Å². The number of aromatic nitrogens is 1. The Morgan fingerprint density at radius 1 is 0.750 bits per heavy atom. The van der Waals surface area contributed by atoms with Crippen LogP contribution >= 0.6 is 7.92 Å². The number of rotatable bonds is 5. The zero-order valence-electron chi connectivity index (χ0n) is 18.9. The molecule has 32 heavy (non-hydrogen) atoms. The second-order valence-electron chi connectivity index (χ2n) is 9.01. The summed E-state index contributed by atoms with van der Waals surface area (Å²) in [6.45, 7) is 4.68. The Morgan fingerprint density at radius 2 is 1.38 bits per heavy atom. The first kappa shape index (κ1) is 21.1. The lowest BCUT2D eigenvalue weighted by molar-refractivity contribution is 0.423. The van der Waals surface area contributed by atoms with E-state index >= 15 is 0 Å². The van der Waals surface area contributed by atoms with Crippen molar-refractivity contribution in [3.63, 3.8) is 0 Å². The maximum atomic E-state index is 5.33. The van der Waals surface area contributed by atoms with Crippen molar-refractivity contribution in [2.75, 3.05) is 0 Å². The van der Waals surface area contributed by atoms with Crippen LogP contribution in [-0.4, -0.2) is 4.98 Å². The van der Waals surface area contributed by atoms with Gasteiger partial charge in [0.05, 0.1) is 5.69 Å². The predicted molar refractivity (Wildman–Crippen MR) is 139 cm³/mol. The Hall–Kier alpha value is -2.76. The number of hydrogen-bond acceptors (Lipinski definition) is 1. The van der Waals surface area contributed by atoms with Crippen LogP contribution < -0.4 is 15.9 Å². The van der Waals surface area contributed by atoms with Gasteiger partial charge in [-0.1, -0.05) is 105 Å². The zero-order chi connectivity index (χ0) is 21.9. The van der Waals surface area contributed by atoms with Crippen molar-refractivity contribution in [3.05, 3.63) is 108 Å². The van der Waals surface area contributed by atoms with Gasteiger partial charge in [0, 0.05) is 17.2 Å². The number of aryl methyl sites for hydroxylation is 1. The van der Waals surface area contributed by atoms with E-state index in [1.165, 1.54) is 45.6 Å². The molecular weight excluding hydrogens is 405 g/mol. The summed E-state index contributed by atoms with van der Waals surface area (Å²) in [5.41, 5.74) is 5.17. The summed E-state index contributed by atoms with van der Waals surface area (Å²) < 4.78 is 0. The van der Waals surface area contributed by atoms with Crippen LogP contribution in [0.3, 0.4) is 0 Å². The molecule has 1 aromatic heterocycles. The van der Waals surface area contributed by atoms with Crippen LogP contribution in [0.1, 0.15) is 43.9 Å². The maximum Gasteiger partial charge on any atom is 0.0712 e. The summed E-state index contributed by atoms with van der Waals surface area (Å²) in [5.74, 6) is 1.19. The van der Waals surface area contributed by atoms with E-state index in [2.05, 4.69) is 111 Å². The molecule has 1 heterocycles. The largest absolute Gasteiger partial charge is 0.252 e. The zero-order valence-corrected chi connectivity index (χ0v) is 19.8. The Morgan fingerprint density at radius 3 is 2.03 bits per heavy atom. The highest BCUT2D eigenvalue weighted by Crippen LogP contribution is 2.39. The minimum atomic E-state index is -0.665. The molecule has 0 aliphatic heterocycles. The molecule has 1 atom stereocenters. The lowest BCUT2D eigenvalue weighted by Gasteiger charge is -2.28. The Balaban J connectivity index is 1.67. The topological polar surface area (TPSA) is 12.9 Å². The highest BCUT2D eigenvalue weighted by Gasteiger charge is 2.26. The summed E-state index contributed by atoms with van der Waals surface area (Å²) in [7, 11) is -0.665. The molecule has 0 spiro atoms. The van der Waals surface area contributed by atoms with Gasteiger partial charge in [0.15, 0.2) is 0 Å².